The van der Waals surface area contributed by atoms with E-state index in [-0.39, 0.29) is 5.82 Å². The van der Waals surface area contributed by atoms with E-state index < -0.39 is 0 Å². The Bertz CT molecular complexity index is 629. The molecule has 3 rings (SSSR count). The molecule has 21 heavy (non-hydrogen) atoms. The third kappa shape index (κ3) is 3.14. The summed E-state index contributed by atoms with van der Waals surface area (Å²) in [6.45, 7) is 1.96. The number of pyridine rings is 1. The number of aryl methyl sites for hydroxylation is 1. The molecule has 110 valence electrons. The number of anilines is 1. The Morgan fingerprint density at radius 3 is 2.48 bits per heavy atom. The fraction of sp³-hybridized carbons (Fsp3) is 0.312. The van der Waals surface area contributed by atoms with Crippen LogP contribution in [0.5, 0.6) is 0 Å². The van der Waals surface area contributed by atoms with E-state index in [1.807, 2.05) is 19.1 Å². The normalized spacial score (nSPS) is 21.0. The van der Waals surface area contributed by atoms with Crippen molar-refractivity contribution in [3.63, 3.8) is 0 Å². The Hall–Kier alpha value is -1.32. The van der Waals surface area contributed by atoms with Crippen molar-refractivity contribution in [2.24, 2.45) is 0 Å². The van der Waals surface area contributed by atoms with E-state index in [9.17, 15) is 4.39 Å². The summed E-state index contributed by atoms with van der Waals surface area (Å²) in [6.07, 6.45) is 2.01. The van der Waals surface area contributed by atoms with Crippen molar-refractivity contribution in [3.8, 4) is 0 Å². The van der Waals surface area contributed by atoms with Gasteiger partial charge in [0.1, 0.15) is 11.0 Å². The zero-order chi connectivity index (χ0) is 15.0. The van der Waals surface area contributed by atoms with Gasteiger partial charge in [-0.05, 0) is 55.0 Å². The highest BCUT2D eigenvalue weighted by molar-refractivity contribution is 6.34. The molecule has 2 nitrogen and oxygen atoms in total. The second-order valence-electron chi connectivity index (χ2n) is 5.49. The van der Waals surface area contributed by atoms with E-state index in [2.05, 4.69) is 10.3 Å². The summed E-state index contributed by atoms with van der Waals surface area (Å²) in [6, 6.07) is 8.90. The number of hydrogen-bond donors (Lipinski definition) is 1. The number of halogens is 3. The van der Waals surface area contributed by atoms with E-state index in [4.69, 9.17) is 23.2 Å². The number of rotatable bonds is 3. The molecule has 0 saturated heterocycles. The number of nitrogens with one attached hydrogen (secondary N) is 1. The van der Waals surface area contributed by atoms with Crippen LogP contribution in [0.15, 0.2) is 30.3 Å². The molecule has 1 aromatic heterocycles. The van der Waals surface area contributed by atoms with Crippen molar-refractivity contribution in [3.05, 3.63) is 57.6 Å². The Morgan fingerprint density at radius 2 is 1.86 bits per heavy atom. The first-order valence-electron chi connectivity index (χ1n) is 6.87. The number of nitrogens with zero attached hydrogens (tertiary/aromatic N) is 1. The highest BCUT2D eigenvalue weighted by Crippen LogP contribution is 2.40. The van der Waals surface area contributed by atoms with Crippen molar-refractivity contribution >= 4 is 28.9 Å². The van der Waals surface area contributed by atoms with Gasteiger partial charge in [-0.1, -0.05) is 35.3 Å². The van der Waals surface area contributed by atoms with Crippen molar-refractivity contribution < 1.29 is 4.39 Å². The Balaban J connectivity index is 1.64. The van der Waals surface area contributed by atoms with Crippen LogP contribution in [0.25, 0.3) is 0 Å². The summed E-state index contributed by atoms with van der Waals surface area (Å²) in [5, 5.41) is 4.24. The maximum absolute atomic E-state index is 12.9. The van der Waals surface area contributed by atoms with Crippen LogP contribution in [0.4, 0.5) is 10.1 Å². The third-order valence-corrected chi connectivity index (χ3v) is 4.44. The summed E-state index contributed by atoms with van der Waals surface area (Å²) >= 11 is 12.0. The van der Waals surface area contributed by atoms with Gasteiger partial charge in [-0.3, -0.25) is 0 Å². The highest BCUT2D eigenvalue weighted by atomic mass is 35.5. The quantitative estimate of drug-likeness (QED) is 0.785. The largest absolute Gasteiger partial charge is 0.380 e. The van der Waals surface area contributed by atoms with Gasteiger partial charge in [-0.2, -0.15) is 0 Å². The van der Waals surface area contributed by atoms with Crippen LogP contribution in [0.3, 0.4) is 0 Å². The van der Waals surface area contributed by atoms with Crippen LogP contribution in [0, 0.1) is 12.7 Å². The number of hydrogen-bond acceptors (Lipinski definition) is 2. The first-order valence-corrected chi connectivity index (χ1v) is 7.63. The van der Waals surface area contributed by atoms with Gasteiger partial charge in [-0.25, -0.2) is 9.37 Å². The summed E-state index contributed by atoms with van der Waals surface area (Å²) < 4.78 is 12.9. The van der Waals surface area contributed by atoms with E-state index in [0.717, 1.165) is 24.1 Å². The predicted molar refractivity (Wildman–Crippen MR) is 84.8 cm³/mol. The Morgan fingerprint density at radius 1 is 1.19 bits per heavy atom. The van der Waals surface area contributed by atoms with Gasteiger partial charge in [0.25, 0.3) is 0 Å². The minimum absolute atomic E-state index is 0.192. The molecule has 0 radical (unpaired) electrons. The lowest BCUT2D eigenvalue weighted by Gasteiger charge is -2.37. The summed E-state index contributed by atoms with van der Waals surface area (Å²) in [5.41, 5.74) is 3.03. The molecule has 1 heterocycles. The van der Waals surface area contributed by atoms with Gasteiger partial charge >= 0.3 is 0 Å². The first-order chi connectivity index (χ1) is 10.0. The molecule has 1 N–H and O–H groups in total. The summed E-state index contributed by atoms with van der Waals surface area (Å²) in [5.74, 6) is 0.282. The van der Waals surface area contributed by atoms with E-state index in [1.54, 1.807) is 6.07 Å². The number of benzene rings is 1. The minimum atomic E-state index is -0.192. The average Bonchev–Trinajstić information content (AvgIpc) is 2.37. The maximum atomic E-state index is 12.9. The molecular formula is C16H15Cl2FN2. The molecule has 1 saturated carbocycles. The van der Waals surface area contributed by atoms with Gasteiger partial charge in [0.15, 0.2) is 5.15 Å². The van der Waals surface area contributed by atoms with Gasteiger partial charge in [0.2, 0.25) is 0 Å². The van der Waals surface area contributed by atoms with Crippen LogP contribution in [0.1, 0.15) is 29.9 Å². The monoisotopic (exact) mass is 324 g/mol. The molecule has 1 aromatic carbocycles. The molecule has 0 amide bonds. The molecule has 0 atom stereocenters. The molecule has 0 aliphatic heterocycles. The second kappa shape index (κ2) is 5.82. The van der Waals surface area contributed by atoms with E-state index >= 15 is 0 Å². The lowest BCUT2D eigenvalue weighted by molar-refractivity contribution is 0.373. The molecule has 2 aromatic rings. The topological polar surface area (TPSA) is 24.9 Å². The van der Waals surface area contributed by atoms with Crippen molar-refractivity contribution in [2.45, 2.75) is 31.7 Å². The van der Waals surface area contributed by atoms with Crippen LogP contribution >= 0.6 is 23.2 Å². The molecule has 5 heteroatoms. The van der Waals surface area contributed by atoms with Gasteiger partial charge in [0.05, 0.1) is 5.69 Å². The Labute approximate surface area is 133 Å². The standard InChI is InChI=1S/C16H15Cl2FN2/c1-9-6-14(17)21-16(18)15(9)20-13-7-11(8-13)10-2-4-12(19)5-3-10/h2-6,11,13,20H,7-8H2,1H3. The van der Waals surface area contributed by atoms with Crippen LogP contribution in [0.2, 0.25) is 10.3 Å². The molecule has 1 fully saturated rings. The van der Waals surface area contributed by atoms with Crippen molar-refractivity contribution in [1.82, 2.24) is 4.98 Å². The molecular weight excluding hydrogens is 310 g/mol. The van der Waals surface area contributed by atoms with Gasteiger partial charge in [-0.15, -0.1) is 0 Å². The lowest BCUT2D eigenvalue weighted by atomic mass is 9.76. The molecule has 1 aliphatic rings. The molecule has 1 aliphatic carbocycles. The first kappa shape index (κ1) is 14.6. The predicted octanol–water partition coefficient (Wildman–Crippen LogP) is 5.19. The highest BCUT2D eigenvalue weighted by Gasteiger charge is 2.31. The fourth-order valence-corrected chi connectivity index (χ4v) is 3.30. The zero-order valence-electron chi connectivity index (χ0n) is 11.5. The smallest absolute Gasteiger partial charge is 0.154 e. The average molecular weight is 325 g/mol. The van der Waals surface area contributed by atoms with Gasteiger partial charge in [0, 0.05) is 6.04 Å². The summed E-state index contributed by atoms with van der Waals surface area (Å²) in [4.78, 5) is 4.06. The molecule has 0 bridgehead atoms. The molecule has 0 spiro atoms. The fourth-order valence-electron chi connectivity index (χ4n) is 2.72. The Kier molecular flexibility index (Phi) is 4.05. The second-order valence-corrected chi connectivity index (χ2v) is 6.23. The third-order valence-electron chi connectivity index (χ3n) is 3.97. The summed E-state index contributed by atoms with van der Waals surface area (Å²) in [7, 11) is 0. The minimum Gasteiger partial charge on any atom is -0.380 e. The van der Waals surface area contributed by atoms with E-state index in [0.29, 0.717) is 22.3 Å². The van der Waals surface area contributed by atoms with Crippen molar-refractivity contribution in [1.29, 1.82) is 0 Å². The van der Waals surface area contributed by atoms with Crippen LogP contribution in [-0.2, 0) is 0 Å². The van der Waals surface area contributed by atoms with Gasteiger partial charge < -0.3 is 5.32 Å². The zero-order valence-corrected chi connectivity index (χ0v) is 13.0. The van der Waals surface area contributed by atoms with Crippen molar-refractivity contribution in [2.75, 3.05) is 5.32 Å². The number of aromatic nitrogens is 1. The van der Waals surface area contributed by atoms with Crippen LogP contribution < -0.4 is 5.32 Å². The lowest BCUT2D eigenvalue weighted by Crippen LogP contribution is -2.34. The van der Waals surface area contributed by atoms with Crippen LogP contribution in [-0.4, -0.2) is 11.0 Å². The SMILES string of the molecule is Cc1cc(Cl)nc(Cl)c1NC1CC(c2ccc(F)cc2)C1. The van der Waals surface area contributed by atoms with E-state index in [1.165, 1.54) is 17.7 Å². The molecule has 0 unspecified atom stereocenters. The maximum Gasteiger partial charge on any atom is 0.154 e.